The highest BCUT2D eigenvalue weighted by molar-refractivity contribution is 9.10. The van der Waals surface area contributed by atoms with Crippen molar-refractivity contribution >= 4 is 33.4 Å². The average Bonchev–Trinajstić information content (AvgIpc) is 2.63. The molecule has 88 valence electrons. The van der Waals surface area contributed by atoms with Gasteiger partial charge in [0.25, 0.3) is 11.8 Å². The Morgan fingerprint density at radius 1 is 1.06 bits per heavy atom. The summed E-state index contributed by atoms with van der Waals surface area (Å²) in [5.74, 6) is -0.642. The summed E-state index contributed by atoms with van der Waals surface area (Å²) in [6.45, 7) is 0. The molecule has 0 saturated carbocycles. The number of hydrogen-bond donors (Lipinski definition) is 0. The van der Waals surface area contributed by atoms with Crippen LogP contribution in [0.15, 0.2) is 47.2 Å². The molecule has 2 amide bonds. The first-order chi connectivity index (χ1) is 8.68. The Morgan fingerprint density at radius 2 is 1.83 bits per heavy atom. The number of nitrogens with zero attached hydrogens (tertiary/aromatic N) is 2. The topological polar surface area (TPSA) is 50.3 Å². The third kappa shape index (κ3) is 1.55. The van der Waals surface area contributed by atoms with Crippen molar-refractivity contribution in [2.24, 2.45) is 0 Å². The molecule has 0 aliphatic carbocycles. The summed E-state index contributed by atoms with van der Waals surface area (Å²) in [6, 6.07) is 8.63. The van der Waals surface area contributed by atoms with Gasteiger partial charge in [-0.25, -0.2) is 4.90 Å². The lowest BCUT2D eigenvalue weighted by Crippen LogP contribution is -2.29. The molecule has 0 spiro atoms. The number of fused-ring (bicyclic) bond motifs is 1. The normalized spacial score (nSPS) is 13.9. The first kappa shape index (κ1) is 11.1. The fourth-order valence-corrected chi connectivity index (χ4v) is 2.32. The minimum atomic E-state index is -0.332. The predicted molar refractivity (Wildman–Crippen MR) is 69.5 cm³/mol. The molecule has 0 radical (unpaired) electrons. The van der Waals surface area contributed by atoms with Crippen LogP contribution in [-0.4, -0.2) is 16.8 Å². The second kappa shape index (κ2) is 4.03. The van der Waals surface area contributed by atoms with Crippen LogP contribution in [0.25, 0.3) is 0 Å². The molecule has 0 bridgehead atoms. The van der Waals surface area contributed by atoms with Gasteiger partial charge in [-0.3, -0.25) is 14.6 Å². The Hall–Kier alpha value is -2.01. The quantitative estimate of drug-likeness (QED) is 0.761. The van der Waals surface area contributed by atoms with Gasteiger partial charge >= 0.3 is 0 Å². The van der Waals surface area contributed by atoms with Crippen molar-refractivity contribution in [1.29, 1.82) is 0 Å². The van der Waals surface area contributed by atoms with E-state index >= 15 is 0 Å². The second-order valence-corrected chi connectivity index (χ2v) is 4.76. The number of pyridine rings is 1. The molecule has 0 N–H and O–H groups in total. The molecule has 2 heterocycles. The number of imide groups is 1. The summed E-state index contributed by atoms with van der Waals surface area (Å²) in [6.07, 6.45) is 2.93. The zero-order chi connectivity index (χ0) is 12.7. The van der Waals surface area contributed by atoms with Crippen LogP contribution in [0, 0.1) is 0 Å². The maximum absolute atomic E-state index is 12.2. The molecule has 3 rings (SSSR count). The van der Waals surface area contributed by atoms with Crippen molar-refractivity contribution in [2.45, 2.75) is 0 Å². The molecule has 5 heteroatoms. The maximum atomic E-state index is 12.2. The Morgan fingerprint density at radius 3 is 2.56 bits per heavy atom. The first-order valence-corrected chi connectivity index (χ1v) is 6.06. The Labute approximate surface area is 111 Å². The van der Waals surface area contributed by atoms with Gasteiger partial charge in [-0.05, 0) is 24.3 Å². The lowest BCUT2D eigenvalue weighted by atomic mass is 10.2. The van der Waals surface area contributed by atoms with Gasteiger partial charge in [0.15, 0.2) is 0 Å². The summed E-state index contributed by atoms with van der Waals surface area (Å²) in [5.41, 5.74) is 1.30. The number of carbonyl (C=O) groups is 2. The van der Waals surface area contributed by atoms with Crippen molar-refractivity contribution in [2.75, 3.05) is 4.90 Å². The Kier molecular flexibility index (Phi) is 2.48. The molecule has 0 fully saturated rings. The van der Waals surface area contributed by atoms with Crippen molar-refractivity contribution in [3.8, 4) is 0 Å². The minimum Gasteiger partial charge on any atom is -0.268 e. The summed E-state index contributed by atoms with van der Waals surface area (Å²) in [5, 5.41) is 0. The van der Waals surface area contributed by atoms with Crippen LogP contribution in [0.5, 0.6) is 0 Å². The van der Waals surface area contributed by atoms with Gasteiger partial charge in [0.1, 0.15) is 0 Å². The lowest BCUT2D eigenvalue weighted by Gasteiger charge is -2.13. The maximum Gasteiger partial charge on any atom is 0.267 e. The highest BCUT2D eigenvalue weighted by atomic mass is 79.9. The van der Waals surface area contributed by atoms with Crippen LogP contribution in [0.2, 0.25) is 0 Å². The number of rotatable bonds is 1. The fraction of sp³-hybridized carbons (Fsp3) is 0. The number of benzene rings is 1. The molecular formula is C13H7BrN2O2. The van der Waals surface area contributed by atoms with Crippen LogP contribution in [0.1, 0.15) is 20.7 Å². The van der Waals surface area contributed by atoms with Crippen LogP contribution in [0.3, 0.4) is 0 Å². The zero-order valence-corrected chi connectivity index (χ0v) is 10.7. The average molecular weight is 303 g/mol. The Bertz CT molecular complexity index is 635. The van der Waals surface area contributed by atoms with E-state index in [1.54, 1.807) is 24.3 Å². The van der Waals surface area contributed by atoms with Gasteiger partial charge in [0.2, 0.25) is 0 Å². The van der Waals surface area contributed by atoms with E-state index in [0.717, 1.165) is 9.37 Å². The van der Waals surface area contributed by atoms with Crippen molar-refractivity contribution < 1.29 is 9.59 Å². The standard InChI is InChI=1S/C13H7BrN2O2/c14-8-2-1-3-9(6-8)16-12(17)10-4-5-15-7-11(10)13(16)18/h1-7H. The summed E-state index contributed by atoms with van der Waals surface area (Å²) < 4.78 is 0.815. The van der Waals surface area contributed by atoms with Crippen LogP contribution >= 0.6 is 15.9 Å². The van der Waals surface area contributed by atoms with Crippen LogP contribution in [-0.2, 0) is 0 Å². The molecule has 1 aromatic heterocycles. The lowest BCUT2D eigenvalue weighted by molar-refractivity contribution is 0.0926. The number of aromatic nitrogens is 1. The summed E-state index contributed by atoms with van der Waals surface area (Å²) in [7, 11) is 0. The minimum absolute atomic E-state index is 0.310. The summed E-state index contributed by atoms with van der Waals surface area (Å²) in [4.78, 5) is 29.4. The van der Waals surface area contributed by atoms with E-state index in [2.05, 4.69) is 20.9 Å². The zero-order valence-electron chi connectivity index (χ0n) is 9.13. The van der Waals surface area contributed by atoms with Crippen LogP contribution in [0.4, 0.5) is 5.69 Å². The second-order valence-electron chi connectivity index (χ2n) is 3.85. The number of anilines is 1. The number of hydrogen-bond acceptors (Lipinski definition) is 3. The van der Waals surface area contributed by atoms with Crippen molar-refractivity contribution in [1.82, 2.24) is 4.98 Å². The summed E-state index contributed by atoms with van der Waals surface area (Å²) >= 11 is 3.32. The fourth-order valence-electron chi connectivity index (χ4n) is 1.93. The molecule has 1 aliphatic rings. The van der Waals surface area contributed by atoms with Crippen molar-refractivity contribution in [3.05, 3.63) is 58.3 Å². The van der Waals surface area contributed by atoms with Gasteiger partial charge in [-0.15, -0.1) is 0 Å². The molecule has 0 saturated heterocycles. The number of halogens is 1. The molecular weight excluding hydrogens is 296 g/mol. The molecule has 1 aliphatic heterocycles. The monoisotopic (exact) mass is 302 g/mol. The van der Waals surface area contributed by atoms with Gasteiger partial charge in [-0.1, -0.05) is 22.0 Å². The van der Waals surface area contributed by atoms with Crippen molar-refractivity contribution in [3.63, 3.8) is 0 Å². The van der Waals surface area contributed by atoms with E-state index in [-0.39, 0.29) is 11.8 Å². The highest BCUT2D eigenvalue weighted by Crippen LogP contribution is 2.29. The molecule has 2 aromatic rings. The van der Waals surface area contributed by atoms with Gasteiger partial charge < -0.3 is 0 Å². The van der Waals surface area contributed by atoms with E-state index in [9.17, 15) is 9.59 Å². The molecule has 4 nitrogen and oxygen atoms in total. The van der Waals surface area contributed by atoms with E-state index in [1.165, 1.54) is 12.4 Å². The Balaban J connectivity index is 2.12. The largest absolute Gasteiger partial charge is 0.268 e. The first-order valence-electron chi connectivity index (χ1n) is 5.27. The molecule has 0 unspecified atom stereocenters. The third-order valence-electron chi connectivity index (χ3n) is 2.75. The SMILES string of the molecule is O=C1c2ccncc2C(=O)N1c1cccc(Br)c1. The number of amides is 2. The van der Waals surface area contributed by atoms with E-state index in [0.29, 0.717) is 16.8 Å². The smallest absolute Gasteiger partial charge is 0.267 e. The number of carbonyl (C=O) groups excluding carboxylic acids is 2. The highest BCUT2D eigenvalue weighted by Gasteiger charge is 2.36. The van der Waals surface area contributed by atoms with Gasteiger partial charge in [0.05, 0.1) is 16.8 Å². The van der Waals surface area contributed by atoms with E-state index < -0.39 is 0 Å². The molecule has 18 heavy (non-hydrogen) atoms. The van der Waals surface area contributed by atoms with Gasteiger partial charge in [-0.2, -0.15) is 0 Å². The predicted octanol–water partition coefficient (Wildman–Crippen LogP) is 2.64. The molecule has 0 atom stereocenters. The van der Waals surface area contributed by atoms with Gasteiger partial charge in [0, 0.05) is 16.9 Å². The molecule has 1 aromatic carbocycles. The van der Waals surface area contributed by atoms with E-state index in [1.807, 2.05) is 6.07 Å². The van der Waals surface area contributed by atoms with E-state index in [4.69, 9.17) is 0 Å². The third-order valence-corrected chi connectivity index (χ3v) is 3.25. The van der Waals surface area contributed by atoms with Crippen LogP contribution < -0.4 is 4.90 Å².